The predicted octanol–water partition coefficient (Wildman–Crippen LogP) is 4.63. The van der Waals surface area contributed by atoms with Crippen LogP contribution in [0.3, 0.4) is 0 Å². The second-order valence-electron chi connectivity index (χ2n) is 5.86. The second-order valence-corrected chi connectivity index (χ2v) is 5.86. The van der Waals surface area contributed by atoms with Crippen LogP contribution in [0, 0.1) is 10.1 Å². The minimum absolute atomic E-state index is 0.0501. The van der Waals surface area contributed by atoms with Crippen molar-refractivity contribution in [3.05, 3.63) is 94.0 Å². The highest BCUT2D eigenvalue weighted by molar-refractivity contribution is 5.81. The number of benzene rings is 3. The Labute approximate surface area is 162 Å². The Morgan fingerprint density at radius 2 is 1.79 bits per heavy atom. The normalized spacial score (nSPS) is 10.6. The Kier molecular flexibility index (Phi) is 6.20. The van der Waals surface area contributed by atoms with E-state index in [9.17, 15) is 10.1 Å². The molecule has 0 spiro atoms. The van der Waals surface area contributed by atoms with Crippen LogP contribution < -0.4 is 14.9 Å². The van der Waals surface area contributed by atoms with E-state index in [1.165, 1.54) is 12.1 Å². The molecule has 0 heterocycles. The fourth-order valence-corrected chi connectivity index (χ4v) is 2.45. The minimum Gasteiger partial charge on any atom is -0.493 e. The second kappa shape index (κ2) is 9.18. The molecule has 0 amide bonds. The number of anilines is 1. The zero-order valence-corrected chi connectivity index (χ0v) is 15.2. The summed E-state index contributed by atoms with van der Waals surface area (Å²) in [6.45, 7) is 0.275. The quantitative estimate of drug-likeness (QED) is 0.351. The van der Waals surface area contributed by atoms with Crippen LogP contribution in [0.1, 0.15) is 11.1 Å². The van der Waals surface area contributed by atoms with Gasteiger partial charge in [0.15, 0.2) is 11.5 Å². The molecule has 0 fully saturated rings. The molecule has 0 unspecified atom stereocenters. The average molecular weight is 377 g/mol. The van der Waals surface area contributed by atoms with Gasteiger partial charge in [-0.1, -0.05) is 18.2 Å². The van der Waals surface area contributed by atoms with Gasteiger partial charge in [-0.15, -0.1) is 0 Å². The number of rotatable bonds is 8. The van der Waals surface area contributed by atoms with E-state index in [4.69, 9.17) is 9.47 Å². The summed E-state index contributed by atoms with van der Waals surface area (Å²) < 4.78 is 11.2. The number of hydrazone groups is 1. The summed E-state index contributed by atoms with van der Waals surface area (Å²) in [5, 5.41) is 14.9. The van der Waals surface area contributed by atoms with Crippen LogP contribution in [0.4, 0.5) is 11.4 Å². The SMILES string of the molecule is COc1cc(/C=N\Nc2ccccc2)ccc1OCc1ccc([N+](=O)[O-])cc1. The molecule has 7 nitrogen and oxygen atoms in total. The van der Waals surface area contributed by atoms with Gasteiger partial charge in [-0.3, -0.25) is 15.5 Å². The molecular formula is C21H19N3O4. The van der Waals surface area contributed by atoms with Crippen LogP contribution in [-0.2, 0) is 6.61 Å². The Hall–Kier alpha value is -3.87. The molecule has 1 N–H and O–H groups in total. The molecule has 0 atom stereocenters. The highest BCUT2D eigenvalue weighted by atomic mass is 16.6. The van der Waals surface area contributed by atoms with E-state index in [1.54, 1.807) is 31.5 Å². The van der Waals surface area contributed by atoms with Crippen molar-refractivity contribution >= 4 is 17.6 Å². The van der Waals surface area contributed by atoms with E-state index in [0.717, 1.165) is 16.8 Å². The lowest BCUT2D eigenvalue weighted by molar-refractivity contribution is -0.384. The molecule has 0 bridgehead atoms. The Balaban J connectivity index is 1.63. The fourth-order valence-electron chi connectivity index (χ4n) is 2.45. The molecule has 0 aromatic heterocycles. The molecule has 0 aliphatic heterocycles. The molecule has 0 radical (unpaired) electrons. The van der Waals surface area contributed by atoms with Crippen molar-refractivity contribution in [2.75, 3.05) is 12.5 Å². The van der Waals surface area contributed by atoms with Crippen molar-refractivity contribution in [1.29, 1.82) is 0 Å². The molecule has 3 aromatic carbocycles. The van der Waals surface area contributed by atoms with Crippen LogP contribution in [0.15, 0.2) is 77.9 Å². The van der Waals surface area contributed by atoms with Crippen LogP contribution in [0.2, 0.25) is 0 Å². The van der Waals surface area contributed by atoms with Crippen LogP contribution in [-0.4, -0.2) is 18.2 Å². The van der Waals surface area contributed by atoms with Gasteiger partial charge in [-0.2, -0.15) is 5.10 Å². The molecule has 0 aliphatic rings. The van der Waals surface area contributed by atoms with E-state index < -0.39 is 4.92 Å². The molecule has 3 rings (SSSR count). The van der Waals surface area contributed by atoms with E-state index in [2.05, 4.69) is 10.5 Å². The number of methoxy groups -OCH3 is 1. The summed E-state index contributed by atoms with van der Waals surface area (Å²) in [5.74, 6) is 1.15. The number of nitrogens with zero attached hydrogens (tertiary/aromatic N) is 2. The van der Waals surface area contributed by atoms with Gasteiger partial charge in [0.2, 0.25) is 0 Å². The minimum atomic E-state index is -0.430. The van der Waals surface area contributed by atoms with E-state index in [-0.39, 0.29) is 12.3 Å². The predicted molar refractivity (Wildman–Crippen MR) is 108 cm³/mol. The lowest BCUT2D eigenvalue weighted by Gasteiger charge is -2.11. The molecule has 28 heavy (non-hydrogen) atoms. The maximum atomic E-state index is 10.7. The van der Waals surface area contributed by atoms with Gasteiger partial charge in [0.05, 0.1) is 23.9 Å². The van der Waals surface area contributed by atoms with Crippen molar-refractivity contribution in [2.45, 2.75) is 6.61 Å². The number of nitrogens with one attached hydrogen (secondary N) is 1. The summed E-state index contributed by atoms with van der Waals surface area (Å²) in [6.07, 6.45) is 1.69. The molecule has 0 saturated heterocycles. The molecule has 7 heteroatoms. The summed E-state index contributed by atoms with van der Waals surface area (Å²) in [6, 6.07) is 21.4. The van der Waals surface area contributed by atoms with Gasteiger partial charge in [0.25, 0.3) is 5.69 Å². The third kappa shape index (κ3) is 5.07. The number of hydrogen-bond donors (Lipinski definition) is 1. The Bertz CT molecular complexity index is 957. The number of non-ortho nitro benzene ring substituents is 1. The first-order chi connectivity index (χ1) is 13.7. The smallest absolute Gasteiger partial charge is 0.269 e. The van der Waals surface area contributed by atoms with Crippen molar-refractivity contribution < 1.29 is 14.4 Å². The Morgan fingerprint density at radius 1 is 1.04 bits per heavy atom. The Morgan fingerprint density at radius 3 is 2.46 bits per heavy atom. The van der Waals surface area contributed by atoms with Crippen molar-refractivity contribution in [3.63, 3.8) is 0 Å². The van der Waals surface area contributed by atoms with Crippen LogP contribution in [0.5, 0.6) is 11.5 Å². The van der Waals surface area contributed by atoms with E-state index >= 15 is 0 Å². The third-order valence-electron chi connectivity index (χ3n) is 3.91. The summed E-state index contributed by atoms with van der Waals surface area (Å²) >= 11 is 0. The number of nitro benzene ring substituents is 1. The van der Waals surface area contributed by atoms with Crippen LogP contribution in [0.25, 0.3) is 0 Å². The number of ether oxygens (including phenoxy) is 2. The zero-order chi connectivity index (χ0) is 19.8. The zero-order valence-electron chi connectivity index (χ0n) is 15.2. The molecule has 142 valence electrons. The summed E-state index contributed by atoms with van der Waals surface area (Å²) in [5.41, 5.74) is 5.58. The highest BCUT2D eigenvalue weighted by Crippen LogP contribution is 2.28. The lowest BCUT2D eigenvalue weighted by Crippen LogP contribution is -1.99. The first-order valence-corrected chi connectivity index (χ1v) is 8.54. The molecular weight excluding hydrogens is 358 g/mol. The van der Waals surface area contributed by atoms with Crippen molar-refractivity contribution in [1.82, 2.24) is 0 Å². The summed E-state index contributed by atoms with van der Waals surface area (Å²) in [7, 11) is 1.57. The van der Waals surface area contributed by atoms with Gasteiger partial charge in [0.1, 0.15) is 6.61 Å². The molecule has 3 aromatic rings. The van der Waals surface area contributed by atoms with Gasteiger partial charge >= 0.3 is 0 Å². The largest absolute Gasteiger partial charge is 0.493 e. The monoisotopic (exact) mass is 377 g/mol. The van der Waals surface area contributed by atoms with Gasteiger partial charge in [-0.25, -0.2) is 0 Å². The lowest BCUT2D eigenvalue weighted by atomic mass is 10.2. The number of para-hydroxylation sites is 1. The van der Waals surface area contributed by atoms with E-state index in [1.807, 2.05) is 42.5 Å². The topological polar surface area (TPSA) is 86.0 Å². The van der Waals surface area contributed by atoms with Crippen LogP contribution >= 0.6 is 0 Å². The standard InChI is InChI=1S/C21H19N3O4/c1-27-21-13-17(14-22-23-18-5-3-2-4-6-18)9-12-20(21)28-15-16-7-10-19(11-8-16)24(25)26/h2-14,23H,15H2,1H3/b22-14-. The van der Waals surface area contributed by atoms with Gasteiger partial charge < -0.3 is 9.47 Å². The van der Waals surface area contributed by atoms with Crippen molar-refractivity contribution in [3.8, 4) is 11.5 Å². The molecule has 0 saturated carbocycles. The maximum absolute atomic E-state index is 10.7. The highest BCUT2D eigenvalue weighted by Gasteiger charge is 2.07. The first kappa shape index (κ1) is 18.9. The van der Waals surface area contributed by atoms with Crippen molar-refractivity contribution in [2.24, 2.45) is 5.10 Å². The number of hydrogen-bond acceptors (Lipinski definition) is 6. The molecule has 0 aliphatic carbocycles. The van der Waals surface area contributed by atoms with E-state index in [0.29, 0.717) is 11.5 Å². The number of nitro groups is 1. The summed E-state index contributed by atoms with van der Waals surface area (Å²) in [4.78, 5) is 10.3. The first-order valence-electron chi connectivity index (χ1n) is 8.54. The third-order valence-corrected chi connectivity index (χ3v) is 3.91. The maximum Gasteiger partial charge on any atom is 0.269 e. The van der Waals surface area contributed by atoms with Gasteiger partial charge in [0, 0.05) is 12.1 Å². The average Bonchev–Trinajstić information content (AvgIpc) is 2.73. The van der Waals surface area contributed by atoms with Gasteiger partial charge in [-0.05, 0) is 53.6 Å². The fraction of sp³-hybridized carbons (Fsp3) is 0.0952.